The summed E-state index contributed by atoms with van der Waals surface area (Å²) >= 11 is 0. The summed E-state index contributed by atoms with van der Waals surface area (Å²) < 4.78 is 9.11. The van der Waals surface area contributed by atoms with Crippen molar-refractivity contribution >= 4 is 44.6 Å². The number of pyridine rings is 1. The summed E-state index contributed by atoms with van der Waals surface area (Å²) in [5.74, 6) is 1.95. The molecule has 0 N–H and O–H groups in total. The second kappa shape index (κ2) is 20.1. The van der Waals surface area contributed by atoms with E-state index in [4.69, 9.17) is 9.72 Å². The first-order valence-corrected chi connectivity index (χ1v) is 27.7. The van der Waals surface area contributed by atoms with Gasteiger partial charge in [0.25, 0.3) is 0 Å². The SMILES string of the molecule is CC(C)(C)c1ccc2c(c1)-c1cc(C(C)(C)C)ccc1C2(c1ccccc1)c1ccnc(-n2c3[c-]c(Oc4[c-]c(N5[CH-]N(c6c(-c7ccccc7)cccc6-c6ccccc6)c6ccccc65)ccc4)ccc3c3ccccc32)c1.[Pt]. The molecule has 0 saturated heterocycles. The van der Waals surface area contributed by atoms with Crippen molar-refractivity contribution in [1.29, 1.82) is 0 Å². The predicted octanol–water partition coefficient (Wildman–Crippen LogP) is 19.3. The molecule has 3 heterocycles. The fourth-order valence-electron chi connectivity index (χ4n) is 12.4. The maximum absolute atomic E-state index is 6.85. The Hall–Kier alpha value is -8.76. The van der Waals surface area contributed by atoms with E-state index in [-0.39, 0.29) is 31.9 Å². The molecule has 1 aliphatic heterocycles. The molecular formula is C75H59N4OPt-3. The molecule has 0 atom stereocenters. The van der Waals surface area contributed by atoms with E-state index in [1.807, 2.05) is 24.4 Å². The largest absolute Gasteiger partial charge is 0.509 e. The Labute approximate surface area is 490 Å². The third kappa shape index (κ3) is 8.69. The molecule has 10 aromatic carbocycles. The van der Waals surface area contributed by atoms with E-state index in [0.29, 0.717) is 11.5 Å². The Bertz CT molecular complexity index is 4220. The number of rotatable bonds is 9. The van der Waals surface area contributed by atoms with Crippen LogP contribution in [0.5, 0.6) is 11.5 Å². The molecule has 2 aliphatic rings. The van der Waals surface area contributed by atoms with Gasteiger partial charge in [0, 0.05) is 72.5 Å². The second-order valence-electron chi connectivity index (χ2n) is 23.3. The minimum absolute atomic E-state index is 0. The Kier molecular flexibility index (Phi) is 12.8. The zero-order valence-electron chi connectivity index (χ0n) is 46.2. The van der Waals surface area contributed by atoms with E-state index in [1.165, 1.54) is 38.9 Å². The summed E-state index contributed by atoms with van der Waals surface area (Å²) in [5.41, 5.74) is 19.9. The van der Waals surface area contributed by atoms with E-state index in [1.54, 1.807) is 0 Å². The summed E-state index contributed by atoms with van der Waals surface area (Å²) in [6.07, 6.45) is 1.98. The first-order valence-electron chi connectivity index (χ1n) is 27.7. The van der Waals surface area contributed by atoms with Gasteiger partial charge in [-0.05, 0) is 102 Å². The van der Waals surface area contributed by atoms with Gasteiger partial charge in [0.1, 0.15) is 5.82 Å². The van der Waals surface area contributed by atoms with Crippen LogP contribution in [0.2, 0.25) is 0 Å². The van der Waals surface area contributed by atoms with Crippen LogP contribution in [0.4, 0.5) is 22.7 Å². The molecule has 0 unspecified atom stereocenters. The van der Waals surface area contributed by atoms with Crippen molar-refractivity contribution in [2.45, 2.75) is 57.8 Å². The molecule has 0 fully saturated rings. The van der Waals surface area contributed by atoms with Crippen LogP contribution < -0.4 is 14.5 Å². The smallest absolute Gasteiger partial charge is 0.135 e. The molecule has 0 saturated carbocycles. The predicted molar refractivity (Wildman–Crippen MR) is 330 cm³/mol. The monoisotopic (exact) mass is 1230 g/mol. The topological polar surface area (TPSA) is 33.5 Å². The molecule has 6 heteroatoms. The van der Waals surface area contributed by atoms with Crippen LogP contribution in [-0.4, -0.2) is 9.55 Å². The van der Waals surface area contributed by atoms with Gasteiger partial charge in [-0.25, -0.2) is 4.98 Å². The van der Waals surface area contributed by atoms with Crippen LogP contribution in [0.15, 0.2) is 243 Å². The average molecular weight is 1230 g/mol. The quantitative estimate of drug-likeness (QED) is 0.135. The number of para-hydroxylation sites is 4. The van der Waals surface area contributed by atoms with Gasteiger partial charge >= 0.3 is 0 Å². The molecular weight excluding hydrogens is 1170 g/mol. The van der Waals surface area contributed by atoms with Crippen LogP contribution in [0.3, 0.4) is 0 Å². The molecule has 81 heavy (non-hydrogen) atoms. The van der Waals surface area contributed by atoms with Crippen LogP contribution in [0.1, 0.15) is 74.9 Å². The molecule has 5 nitrogen and oxygen atoms in total. The number of benzene rings is 10. The van der Waals surface area contributed by atoms with Crippen molar-refractivity contribution in [3.8, 4) is 50.7 Å². The molecule has 12 aromatic rings. The molecule has 1 aliphatic carbocycles. The normalized spacial score (nSPS) is 13.5. The van der Waals surface area contributed by atoms with E-state index < -0.39 is 5.41 Å². The first kappa shape index (κ1) is 51.7. The minimum Gasteiger partial charge on any atom is -0.509 e. The van der Waals surface area contributed by atoms with E-state index in [0.717, 1.165) is 78.2 Å². The van der Waals surface area contributed by atoms with E-state index in [2.05, 4.69) is 293 Å². The Morgan fingerprint density at radius 3 is 1.64 bits per heavy atom. The maximum atomic E-state index is 6.85. The molecule has 398 valence electrons. The summed E-state index contributed by atoms with van der Waals surface area (Å²) in [6, 6.07) is 92.7. The van der Waals surface area contributed by atoms with Crippen LogP contribution in [0, 0.1) is 18.8 Å². The van der Waals surface area contributed by atoms with Crippen molar-refractivity contribution in [3.63, 3.8) is 0 Å². The Morgan fingerprint density at radius 2 is 1.01 bits per heavy atom. The van der Waals surface area contributed by atoms with E-state index >= 15 is 0 Å². The standard InChI is InChI=1S/C75H59N4O.Pt/c1-73(2,3)53-36-40-65-63(44-53)64-45-54(74(4,5)6)37-41-66(64)75(65,52-26-14-9-15-27-52)55-42-43-76-71(46-55)79-67-33-17-16-30-61(67)62-39-38-58(48-70(62)79)80-57-29-20-28-56(47-57)77-49-78(69-35-19-18-34-68(69)77)72-59(50-22-10-7-11-23-50)31-21-32-60(72)51-24-12-8-13-25-51;/h7-46,49H,1-6H3;/q-3;. The molecule has 0 bridgehead atoms. The van der Waals surface area contributed by atoms with Crippen molar-refractivity contribution in [3.05, 3.63) is 295 Å². The molecule has 0 radical (unpaired) electrons. The fraction of sp³-hybridized carbons (Fsp3) is 0.120. The summed E-state index contributed by atoms with van der Waals surface area (Å²) in [6.45, 7) is 16.0. The van der Waals surface area contributed by atoms with Crippen molar-refractivity contribution in [2.24, 2.45) is 0 Å². The van der Waals surface area contributed by atoms with Crippen LogP contribution in [-0.2, 0) is 37.3 Å². The van der Waals surface area contributed by atoms with Crippen LogP contribution in [0.25, 0.3) is 61.0 Å². The molecule has 2 aromatic heterocycles. The number of fused-ring (bicyclic) bond motifs is 7. The summed E-state index contributed by atoms with van der Waals surface area (Å²) in [7, 11) is 0. The van der Waals surface area contributed by atoms with Gasteiger partial charge in [-0.2, -0.15) is 12.1 Å². The first-order chi connectivity index (χ1) is 38.9. The number of anilines is 4. The summed E-state index contributed by atoms with van der Waals surface area (Å²) in [4.78, 5) is 9.76. The molecule has 0 spiro atoms. The number of hydrogen-bond donors (Lipinski definition) is 0. The number of ether oxygens (including phenoxy) is 1. The number of aromatic nitrogens is 2. The van der Waals surface area contributed by atoms with Gasteiger partial charge in [0.2, 0.25) is 0 Å². The summed E-state index contributed by atoms with van der Waals surface area (Å²) in [5, 5.41) is 2.17. The van der Waals surface area contributed by atoms with Crippen LogP contribution >= 0.6 is 0 Å². The van der Waals surface area contributed by atoms with E-state index in [9.17, 15) is 0 Å². The Morgan fingerprint density at radius 1 is 0.457 bits per heavy atom. The third-order valence-electron chi connectivity index (χ3n) is 16.4. The molecule has 0 amide bonds. The zero-order valence-corrected chi connectivity index (χ0v) is 48.5. The zero-order chi connectivity index (χ0) is 54.3. The second-order valence-corrected chi connectivity index (χ2v) is 23.3. The minimum atomic E-state index is -0.631. The van der Waals surface area contributed by atoms with Gasteiger partial charge in [-0.15, -0.1) is 48.1 Å². The number of nitrogens with zero attached hydrogens (tertiary/aromatic N) is 4. The van der Waals surface area contributed by atoms with Gasteiger partial charge in [0.05, 0.1) is 5.41 Å². The van der Waals surface area contributed by atoms with Crippen molar-refractivity contribution in [2.75, 3.05) is 9.80 Å². The fourth-order valence-corrected chi connectivity index (χ4v) is 12.4. The molecule has 14 rings (SSSR count). The average Bonchev–Trinajstić information content (AvgIpc) is 4.34. The maximum Gasteiger partial charge on any atom is 0.135 e. The third-order valence-corrected chi connectivity index (χ3v) is 16.4. The van der Waals surface area contributed by atoms with Crippen molar-refractivity contribution < 1.29 is 25.8 Å². The van der Waals surface area contributed by atoms with Crippen molar-refractivity contribution in [1.82, 2.24) is 9.55 Å². The number of hydrogen-bond acceptors (Lipinski definition) is 4. The van der Waals surface area contributed by atoms with Gasteiger partial charge < -0.3 is 19.1 Å². The van der Waals surface area contributed by atoms with Gasteiger partial charge in [-0.3, -0.25) is 0 Å². The van der Waals surface area contributed by atoms with Gasteiger partial charge in [0.15, 0.2) is 0 Å². The Balaban J connectivity index is 0.00000618. The van der Waals surface area contributed by atoms with Gasteiger partial charge in [-0.1, -0.05) is 223 Å².